The van der Waals surface area contributed by atoms with Gasteiger partial charge in [-0.1, -0.05) is 0 Å². The molecule has 0 atom stereocenters. The van der Waals surface area contributed by atoms with Gasteiger partial charge in [-0.15, -0.1) is 0 Å². The fourth-order valence-corrected chi connectivity index (χ4v) is 7.88. The molecule has 4 aromatic carbocycles. The van der Waals surface area contributed by atoms with Gasteiger partial charge in [-0.05, 0) is 0 Å². The first-order valence-electron chi connectivity index (χ1n) is 8.64. The van der Waals surface area contributed by atoms with Gasteiger partial charge in [-0.25, -0.2) is 0 Å². The van der Waals surface area contributed by atoms with Crippen molar-refractivity contribution in [1.29, 1.82) is 0 Å². The molecule has 26 heavy (non-hydrogen) atoms. The normalized spacial score (nSPS) is 10.8. The molecule has 4 rings (SSSR count). The van der Waals surface area contributed by atoms with Gasteiger partial charge in [0, 0.05) is 0 Å². The third-order valence-electron chi connectivity index (χ3n) is 4.11. The van der Waals surface area contributed by atoms with Crippen molar-refractivity contribution < 1.29 is 0 Å². The summed E-state index contributed by atoms with van der Waals surface area (Å²) in [6.45, 7) is 0. The van der Waals surface area contributed by atoms with E-state index in [0.717, 1.165) is 0 Å². The molecule has 0 amide bonds. The van der Waals surface area contributed by atoms with Crippen LogP contribution in [0.2, 0.25) is 0 Å². The van der Waals surface area contributed by atoms with Crippen molar-refractivity contribution in [3.8, 4) is 0 Å². The average Bonchev–Trinajstić information content (AvgIpc) is 2.72. The van der Waals surface area contributed by atoms with Crippen LogP contribution < -0.4 is 24.8 Å². The summed E-state index contributed by atoms with van der Waals surface area (Å²) in [6, 6.07) is 41.7. The minimum absolute atomic E-state index is 0.308. The van der Waals surface area contributed by atoms with E-state index in [0.29, 0.717) is 15.0 Å². The molecule has 0 N–H and O–H groups in total. The summed E-state index contributed by atoms with van der Waals surface area (Å²) in [7, 11) is -0.547. The maximum absolute atomic E-state index is 2.33. The fraction of sp³-hybridized carbons (Fsp3) is 0. The second-order valence-electron chi connectivity index (χ2n) is 5.89. The van der Waals surface area contributed by atoms with E-state index in [1.807, 2.05) is 0 Å². The Labute approximate surface area is 162 Å². The monoisotopic (exact) mass is 418 g/mol. The molecule has 0 aliphatic heterocycles. The number of hydrogen-bond acceptors (Lipinski definition) is 0. The summed E-state index contributed by atoms with van der Waals surface area (Å²) in [5.41, 5.74) is 0. The Balaban J connectivity index is 1.82. The Kier molecular flexibility index (Phi) is 5.62. The Morgan fingerprint density at radius 2 is 0.923 bits per heavy atom. The van der Waals surface area contributed by atoms with Crippen LogP contribution in [0.5, 0.6) is 0 Å². The molecule has 0 spiro atoms. The zero-order valence-corrected chi connectivity index (χ0v) is 16.9. The van der Waals surface area contributed by atoms with Gasteiger partial charge in [0.2, 0.25) is 0 Å². The first-order valence-corrected chi connectivity index (χ1v) is 11.7. The van der Waals surface area contributed by atoms with Crippen molar-refractivity contribution in [3.63, 3.8) is 0 Å². The Hall–Kier alpha value is -2.17. The zero-order chi connectivity index (χ0) is 17.6. The summed E-state index contributed by atoms with van der Waals surface area (Å²) >= 11 is 0.308. The molecule has 0 nitrogen and oxygen atoms in total. The SMILES string of the molecule is c1ccc([Se]c2ccccc2P(c2ccccc2)c2ccccc2)cc1. The first-order chi connectivity index (χ1) is 12.9. The van der Waals surface area contributed by atoms with Crippen molar-refractivity contribution in [2.24, 2.45) is 0 Å². The van der Waals surface area contributed by atoms with E-state index in [1.54, 1.807) is 0 Å². The van der Waals surface area contributed by atoms with Crippen LogP contribution in [0.3, 0.4) is 0 Å². The van der Waals surface area contributed by atoms with Gasteiger partial charge in [0.15, 0.2) is 0 Å². The van der Waals surface area contributed by atoms with Gasteiger partial charge in [-0.2, -0.15) is 0 Å². The van der Waals surface area contributed by atoms with E-state index in [4.69, 9.17) is 0 Å². The number of benzene rings is 4. The third kappa shape index (κ3) is 3.97. The van der Waals surface area contributed by atoms with E-state index in [1.165, 1.54) is 24.8 Å². The van der Waals surface area contributed by atoms with Crippen LogP contribution in [0, 0.1) is 0 Å². The first kappa shape index (κ1) is 17.3. The van der Waals surface area contributed by atoms with Gasteiger partial charge in [0.25, 0.3) is 0 Å². The third-order valence-corrected chi connectivity index (χ3v) is 9.22. The van der Waals surface area contributed by atoms with Crippen LogP contribution in [0.15, 0.2) is 115 Å². The van der Waals surface area contributed by atoms with Crippen molar-refractivity contribution in [2.45, 2.75) is 0 Å². The predicted molar refractivity (Wildman–Crippen MR) is 117 cm³/mol. The van der Waals surface area contributed by atoms with Crippen LogP contribution in [-0.4, -0.2) is 15.0 Å². The Morgan fingerprint density at radius 1 is 0.462 bits per heavy atom. The van der Waals surface area contributed by atoms with E-state index < -0.39 is 7.92 Å². The van der Waals surface area contributed by atoms with Crippen molar-refractivity contribution in [1.82, 2.24) is 0 Å². The van der Waals surface area contributed by atoms with Crippen molar-refractivity contribution in [3.05, 3.63) is 115 Å². The predicted octanol–water partition coefficient (Wildman–Crippen LogP) is 3.10. The number of rotatable bonds is 5. The van der Waals surface area contributed by atoms with Crippen molar-refractivity contribution in [2.75, 3.05) is 0 Å². The summed E-state index contributed by atoms with van der Waals surface area (Å²) in [5.74, 6) is 0. The summed E-state index contributed by atoms with van der Waals surface area (Å²) in [4.78, 5) is 0. The van der Waals surface area contributed by atoms with Crippen LogP contribution in [0.25, 0.3) is 0 Å². The molecule has 0 saturated carbocycles. The second-order valence-corrected chi connectivity index (χ2v) is 10.4. The minimum atomic E-state index is -0.547. The summed E-state index contributed by atoms with van der Waals surface area (Å²) in [6.07, 6.45) is 0. The fourth-order valence-electron chi connectivity index (χ4n) is 2.93. The van der Waals surface area contributed by atoms with E-state index in [2.05, 4.69) is 115 Å². The van der Waals surface area contributed by atoms with Gasteiger partial charge in [0.1, 0.15) is 0 Å². The van der Waals surface area contributed by atoms with Crippen LogP contribution in [0.4, 0.5) is 0 Å². The molecule has 126 valence electrons. The van der Waals surface area contributed by atoms with Crippen LogP contribution in [0.1, 0.15) is 0 Å². The van der Waals surface area contributed by atoms with Crippen molar-refractivity contribution >= 4 is 47.7 Å². The Morgan fingerprint density at radius 3 is 1.50 bits per heavy atom. The van der Waals surface area contributed by atoms with E-state index in [-0.39, 0.29) is 0 Å². The van der Waals surface area contributed by atoms with Gasteiger partial charge < -0.3 is 0 Å². The molecule has 0 aliphatic rings. The topological polar surface area (TPSA) is 0 Å². The molecule has 0 bridgehead atoms. The van der Waals surface area contributed by atoms with E-state index >= 15 is 0 Å². The van der Waals surface area contributed by atoms with Gasteiger partial charge in [0.05, 0.1) is 0 Å². The summed E-state index contributed by atoms with van der Waals surface area (Å²) < 4.78 is 2.90. The summed E-state index contributed by atoms with van der Waals surface area (Å²) in [5, 5.41) is 4.29. The average molecular weight is 417 g/mol. The molecular weight excluding hydrogens is 398 g/mol. The second kappa shape index (κ2) is 8.47. The number of hydrogen-bond donors (Lipinski definition) is 0. The quantitative estimate of drug-likeness (QED) is 0.346. The van der Waals surface area contributed by atoms with Crippen LogP contribution in [-0.2, 0) is 0 Å². The molecular formula is C24H19PSe. The van der Waals surface area contributed by atoms with E-state index in [9.17, 15) is 0 Å². The molecule has 0 aromatic heterocycles. The van der Waals surface area contributed by atoms with Crippen LogP contribution >= 0.6 is 7.92 Å². The molecule has 0 saturated heterocycles. The molecule has 0 heterocycles. The molecule has 0 unspecified atom stereocenters. The Bertz CT molecular complexity index is 913. The molecule has 0 aliphatic carbocycles. The molecule has 2 heteroatoms. The van der Waals surface area contributed by atoms with Gasteiger partial charge >= 0.3 is 163 Å². The standard InChI is InChI=1S/C24H19PSe/c1-4-12-20(13-5-1)25(21-14-6-2-7-15-21)23-18-10-11-19-24(23)26-22-16-8-3-9-17-22/h1-19H. The molecule has 0 fully saturated rings. The van der Waals surface area contributed by atoms with Gasteiger partial charge in [-0.3, -0.25) is 0 Å². The molecule has 4 aromatic rings. The molecule has 0 radical (unpaired) electrons. The zero-order valence-electron chi connectivity index (χ0n) is 14.3. The maximum atomic E-state index is 2.33.